The second-order valence-corrected chi connectivity index (χ2v) is 5.75. The lowest BCUT2D eigenvalue weighted by Gasteiger charge is -2.10. The topological polar surface area (TPSA) is 88.9 Å². The lowest BCUT2D eigenvalue weighted by molar-refractivity contribution is 0.463. The highest BCUT2D eigenvalue weighted by molar-refractivity contribution is 5.80. The third kappa shape index (κ3) is 3.23. The average Bonchev–Trinajstić information content (AvgIpc) is 3.06. The number of aryl methyl sites for hydroxylation is 1. The number of nitrogen functional groups attached to an aromatic ring is 1. The fraction of sp³-hybridized carbons (Fsp3) is 0.0526. The normalized spacial score (nSPS) is 10.8. The molecule has 0 saturated carbocycles. The lowest BCUT2D eigenvalue weighted by Crippen LogP contribution is -2.00. The Labute approximate surface area is 144 Å². The minimum absolute atomic E-state index is 0.453. The number of ether oxygens (including phenoxy) is 1. The lowest BCUT2D eigenvalue weighted by atomic mass is 10.2. The van der Waals surface area contributed by atoms with Crippen LogP contribution in [0, 0.1) is 6.92 Å². The summed E-state index contributed by atoms with van der Waals surface area (Å²) in [5.41, 5.74) is 9.51. The molecule has 0 saturated heterocycles. The van der Waals surface area contributed by atoms with E-state index in [4.69, 9.17) is 10.5 Å². The zero-order valence-electron chi connectivity index (χ0n) is 13.7. The van der Waals surface area contributed by atoms with Crippen LogP contribution < -0.4 is 15.8 Å². The zero-order chi connectivity index (χ0) is 17.2. The zero-order valence-corrected chi connectivity index (χ0v) is 13.7. The molecule has 0 radical (unpaired) electrons. The molecule has 25 heavy (non-hydrogen) atoms. The molecular weight excluding hydrogens is 314 g/mol. The van der Waals surface area contributed by atoms with E-state index < -0.39 is 0 Å². The van der Waals surface area contributed by atoms with E-state index in [0.717, 1.165) is 27.9 Å². The van der Waals surface area contributed by atoms with Gasteiger partial charge in [0, 0.05) is 40.7 Å². The van der Waals surface area contributed by atoms with Crippen molar-refractivity contribution >= 4 is 28.2 Å². The molecule has 0 atom stereocenters. The number of nitrogens with two attached hydrogens (primary N) is 1. The van der Waals surface area contributed by atoms with Crippen LogP contribution in [-0.4, -0.2) is 15.0 Å². The van der Waals surface area contributed by atoms with Crippen LogP contribution in [0.15, 0.2) is 60.9 Å². The van der Waals surface area contributed by atoms with Gasteiger partial charge in [0.25, 0.3) is 0 Å². The first kappa shape index (κ1) is 15.0. The molecule has 124 valence electrons. The summed E-state index contributed by atoms with van der Waals surface area (Å²) in [5.74, 6) is 1.64. The van der Waals surface area contributed by atoms with Gasteiger partial charge in [-0.15, -0.1) is 0 Å². The number of nitrogens with zero attached hydrogens (tertiary/aromatic N) is 2. The van der Waals surface area contributed by atoms with Crippen LogP contribution >= 0.6 is 0 Å². The molecule has 0 fully saturated rings. The predicted molar refractivity (Wildman–Crippen MR) is 99.3 cm³/mol. The van der Waals surface area contributed by atoms with Crippen molar-refractivity contribution in [3.05, 3.63) is 66.5 Å². The highest BCUT2D eigenvalue weighted by atomic mass is 16.5. The molecule has 0 bridgehead atoms. The number of H-pyrrole nitrogens is 1. The molecular formula is C19H17N5O. The van der Waals surface area contributed by atoms with E-state index in [1.54, 1.807) is 12.3 Å². The Morgan fingerprint density at radius 1 is 1.08 bits per heavy atom. The van der Waals surface area contributed by atoms with Gasteiger partial charge < -0.3 is 20.8 Å². The van der Waals surface area contributed by atoms with E-state index in [2.05, 4.69) is 20.3 Å². The fourth-order valence-corrected chi connectivity index (χ4v) is 2.57. The van der Waals surface area contributed by atoms with Gasteiger partial charge in [0.05, 0.1) is 0 Å². The summed E-state index contributed by atoms with van der Waals surface area (Å²) in [6.45, 7) is 1.99. The Morgan fingerprint density at radius 2 is 2.00 bits per heavy atom. The van der Waals surface area contributed by atoms with E-state index >= 15 is 0 Å². The predicted octanol–water partition coefficient (Wildman–Crippen LogP) is 4.38. The fourth-order valence-electron chi connectivity index (χ4n) is 2.57. The molecule has 6 nitrogen and oxygen atoms in total. The maximum absolute atomic E-state index is 5.86. The molecule has 0 aliphatic heterocycles. The van der Waals surface area contributed by atoms with Gasteiger partial charge in [0.1, 0.15) is 5.75 Å². The van der Waals surface area contributed by atoms with Crippen molar-refractivity contribution < 1.29 is 4.74 Å². The molecule has 2 aromatic heterocycles. The summed E-state index contributed by atoms with van der Waals surface area (Å²) in [6, 6.07) is 15.2. The summed E-state index contributed by atoms with van der Waals surface area (Å²) in [6.07, 6.45) is 3.55. The van der Waals surface area contributed by atoms with Crippen molar-refractivity contribution in [3.8, 4) is 11.6 Å². The molecule has 0 aliphatic carbocycles. The molecule has 4 N–H and O–H groups in total. The third-order valence-corrected chi connectivity index (χ3v) is 3.89. The van der Waals surface area contributed by atoms with Crippen molar-refractivity contribution in [1.29, 1.82) is 0 Å². The SMILES string of the molecule is Cc1ccc(N)cc1Nc1nccc(Oc2ccc3[nH]ccc3c2)n1. The van der Waals surface area contributed by atoms with E-state index in [0.29, 0.717) is 17.5 Å². The Hall–Kier alpha value is -3.54. The first-order valence-corrected chi connectivity index (χ1v) is 7.88. The van der Waals surface area contributed by atoms with Crippen molar-refractivity contribution in [3.63, 3.8) is 0 Å². The van der Waals surface area contributed by atoms with Crippen LogP contribution in [0.2, 0.25) is 0 Å². The maximum atomic E-state index is 5.86. The number of hydrogen-bond donors (Lipinski definition) is 3. The smallest absolute Gasteiger partial charge is 0.230 e. The number of hydrogen-bond acceptors (Lipinski definition) is 5. The number of benzene rings is 2. The van der Waals surface area contributed by atoms with Crippen LogP contribution in [-0.2, 0) is 0 Å². The Balaban J connectivity index is 1.57. The maximum Gasteiger partial charge on any atom is 0.230 e. The van der Waals surface area contributed by atoms with Gasteiger partial charge >= 0.3 is 0 Å². The quantitative estimate of drug-likeness (QED) is 0.483. The van der Waals surface area contributed by atoms with Gasteiger partial charge in [-0.3, -0.25) is 0 Å². The van der Waals surface area contributed by atoms with Crippen molar-refractivity contribution in [2.45, 2.75) is 6.92 Å². The molecule has 0 unspecified atom stereocenters. The van der Waals surface area contributed by atoms with Crippen LogP contribution in [0.1, 0.15) is 5.56 Å². The number of fused-ring (bicyclic) bond motifs is 1. The standard InChI is InChI=1S/C19H17N5O/c1-12-2-3-14(20)11-17(12)23-19-22-9-7-18(24-19)25-15-4-5-16-13(10-15)6-8-21-16/h2-11,21H,20H2,1H3,(H,22,23,24). The largest absolute Gasteiger partial charge is 0.439 e. The Morgan fingerprint density at radius 3 is 2.92 bits per heavy atom. The molecule has 0 spiro atoms. The summed E-state index contributed by atoms with van der Waals surface area (Å²) < 4.78 is 5.86. The summed E-state index contributed by atoms with van der Waals surface area (Å²) in [7, 11) is 0. The Bertz CT molecular complexity index is 1040. The minimum atomic E-state index is 0.453. The van der Waals surface area contributed by atoms with Crippen LogP contribution in [0.25, 0.3) is 10.9 Å². The number of aromatic amines is 1. The van der Waals surface area contributed by atoms with Crippen molar-refractivity contribution in [2.24, 2.45) is 0 Å². The number of nitrogens with one attached hydrogen (secondary N) is 2. The van der Waals surface area contributed by atoms with E-state index in [9.17, 15) is 0 Å². The van der Waals surface area contributed by atoms with Gasteiger partial charge in [-0.1, -0.05) is 6.07 Å². The summed E-state index contributed by atoms with van der Waals surface area (Å²) >= 11 is 0. The third-order valence-electron chi connectivity index (χ3n) is 3.89. The number of aromatic nitrogens is 3. The first-order chi connectivity index (χ1) is 12.2. The molecule has 0 aliphatic rings. The van der Waals surface area contributed by atoms with Gasteiger partial charge in [0.15, 0.2) is 0 Å². The van der Waals surface area contributed by atoms with Crippen LogP contribution in [0.3, 0.4) is 0 Å². The minimum Gasteiger partial charge on any atom is -0.439 e. The molecule has 0 amide bonds. The van der Waals surface area contributed by atoms with E-state index in [1.807, 2.05) is 55.6 Å². The van der Waals surface area contributed by atoms with E-state index in [1.165, 1.54) is 0 Å². The number of rotatable bonds is 4. The van der Waals surface area contributed by atoms with Crippen molar-refractivity contribution in [1.82, 2.24) is 15.0 Å². The Kier molecular flexibility index (Phi) is 3.70. The summed E-state index contributed by atoms with van der Waals surface area (Å²) in [4.78, 5) is 11.8. The van der Waals surface area contributed by atoms with E-state index in [-0.39, 0.29) is 0 Å². The highest BCUT2D eigenvalue weighted by Gasteiger charge is 2.06. The second kappa shape index (κ2) is 6.16. The second-order valence-electron chi connectivity index (χ2n) is 5.75. The molecule has 6 heteroatoms. The number of anilines is 3. The highest BCUT2D eigenvalue weighted by Crippen LogP contribution is 2.26. The summed E-state index contributed by atoms with van der Waals surface area (Å²) in [5, 5.41) is 4.26. The first-order valence-electron chi connectivity index (χ1n) is 7.88. The van der Waals surface area contributed by atoms with Gasteiger partial charge in [-0.2, -0.15) is 4.98 Å². The van der Waals surface area contributed by atoms with Gasteiger partial charge in [-0.25, -0.2) is 4.98 Å². The van der Waals surface area contributed by atoms with Crippen molar-refractivity contribution in [2.75, 3.05) is 11.1 Å². The average molecular weight is 331 g/mol. The molecule has 4 rings (SSSR count). The van der Waals surface area contributed by atoms with Gasteiger partial charge in [0.2, 0.25) is 11.8 Å². The monoisotopic (exact) mass is 331 g/mol. The van der Waals surface area contributed by atoms with Gasteiger partial charge in [-0.05, 0) is 48.9 Å². The molecule has 4 aromatic rings. The molecule has 2 heterocycles. The van der Waals surface area contributed by atoms with Crippen LogP contribution in [0.5, 0.6) is 11.6 Å². The molecule has 2 aromatic carbocycles. The van der Waals surface area contributed by atoms with Crippen LogP contribution in [0.4, 0.5) is 17.3 Å².